The molecule has 1 amide bonds. The van der Waals surface area contributed by atoms with Crippen LogP contribution in [0.15, 0.2) is 59.5 Å². The summed E-state index contributed by atoms with van der Waals surface area (Å²) < 4.78 is 6.84. The van der Waals surface area contributed by atoms with Gasteiger partial charge in [0.25, 0.3) is 11.5 Å². The van der Waals surface area contributed by atoms with E-state index in [1.54, 1.807) is 26.4 Å². The molecule has 3 aromatic rings. The number of nitrogens with one attached hydrogen (secondary N) is 1. The van der Waals surface area contributed by atoms with E-state index in [-0.39, 0.29) is 11.5 Å². The van der Waals surface area contributed by atoms with E-state index in [9.17, 15) is 9.59 Å². The lowest BCUT2D eigenvalue weighted by molar-refractivity contribution is 0.0950. The second kappa shape index (κ2) is 6.58. The normalized spacial score (nSPS) is 10.6. The zero-order valence-corrected chi connectivity index (χ0v) is 13.6. The molecule has 0 fully saturated rings. The highest BCUT2D eigenvalue weighted by Crippen LogP contribution is 2.27. The van der Waals surface area contributed by atoms with Gasteiger partial charge in [0.1, 0.15) is 5.75 Å². The SMILES string of the molecule is COc1ccc2ccccc2c1CNC(=O)c1ccn(C)c(=O)c1. The topological polar surface area (TPSA) is 60.3 Å². The fourth-order valence-corrected chi connectivity index (χ4v) is 2.65. The van der Waals surface area contributed by atoms with Gasteiger partial charge in [0, 0.05) is 37.0 Å². The van der Waals surface area contributed by atoms with Gasteiger partial charge in [-0.15, -0.1) is 0 Å². The van der Waals surface area contributed by atoms with Crippen LogP contribution in [0.5, 0.6) is 5.75 Å². The summed E-state index contributed by atoms with van der Waals surface area (Å²) in [6, 6.07) is 14.8. The van der Waals surface area contributed by atoms with Crippen molar-refractivity contribution in [1.29, 1.82) is 0 Å². The fourth-order valence-electron chi connectivity index (χ4n) is 2.65. The zero-order chi connectivity index (χ0) is 17.1. The summed E-state index contributed by atoms with van der Waals surface area (Å²) in [7, 11) is 3.25. The highest BCUT2D eigenvalue weighted by atomic mass is 16.5. The van der Waals surface area contributed by atoms with Gasteiger partial charge in [-0.05, 0) is 22.9 Å². The van der Waals surface area contributed by atoms with Gasteiger partial charge in [-0.2, -0.15) is 0 Å². The van der Waals surface area contributed by atoms with Crippen molar-refractivity contribution < 1.29 is 9.53 Å². The molecule has 0 bridgehead atoms. The lowest BCUT2D eigenvalue weighted by atomic mass is 10.0. The molecule has 0 aliphatic heterocycles. The number of aromatic nitrogens is 1. The van der Waals surface area contributed by atoms with Gasteiger partial charge in [0.2, 0.25) is 0 Å². The largest absolute Gasteiger partial charge is 0.496 e. The molecule has 0 radical (unpaired) electrons. The van der Waals surface area contributed by atoms with Crippen molar-refractivity contribution in [2.24, 2.45) is 7.05 Å². The summed E-state index contributed by atoms with van der Waals surface area (Å²) in [5.41, 5.74) is 1.04. The summed E-state index contributed by atoms with van der Waals surface area (Å²) in [5, 5.41) is 4.97. The average Bonchev–Trinajstić information content (AvgIpc) is 2.61. The summed E-state index contributed by atoms with van der Waals surface area (Å²) in [5.74, 6) is 0.431. The van der Waals surface area contributed by atoms with E-state index in [2.05, 4.69) is 5.32 Å². The van der Waals surface area contributed by atoms with Gasteiger partial charge in [0.05, 0.1) is 7.11 Å². The Bertz CT molecular complexity index is 960. The van der Waals surface area contributed by atoms with Gasteiger partial charge in [-0.25, -0.2) is 0 Å². The van der Waals surface area contributed by atoms with Gasteiger partial charge < -0.3 is 14.6 Å². The standard InChI is InChI=1S/C19H18N2O3/c1-21-10-9-14(11-18(21)22)19(23)20-12-16-15-6-4-3-5-13(15)7-8-17(16)24-2/h3-11H,12H2,1-2H3,(H,20,23). The van der Waals surface area contributed by atoms with Crippen LogP contribution in [-0.4, -0.2) is 17.6 Å². The molecule has 0 spiro atoms. The quantitative estimate of drug-likeness (QED) is 0.803. The smallest absolute Gasteiger partial charge is 0.251 e. The lowest BCUT2D eigenvalue weighted by Gasteiger charge is -2.13. The van der Waals surface area contributed by atoms with E-state index in [1.165, 1.54) is 10.6 Å². The Morgan fingerprint density at radius 2 is 1.96 bits per heavy atom. The maximum absolute atomic E-state index is 12.3. The number of ether oxygens (including phenoxy) is 1. The zero-order valence-electron chi connectivity index (χ0n) is 13.6. The van der Waals surface area contributed by atoms with E-state index in [4.69, 9.17) is 4.74 Å². The molecule has 0 unspecified atom stereocenters. The first-order valence-corrected chi connectivity index (χ1v) is 7.59. The molecule has 5 heteroatoms. The number of amides is 1. The Morgan fingerprint density at radius 1 is 1.17 bits per heavy atom. The van der Waals surface area contributed by atoms with E-state index < -0.39 is 0 Å². The molecule has 122 valence electrons. The van der Waals surface area contributed by atoms with Crippen LogP contribution in [0.4, 0.5) is 0 Å². The van der Waals surface area contributed by atoms with Crippen LogP contribution in [0, 0.1) is 0 Å². The molecular formula is C19H18N2O3. The Morgan fingerprint density at radius 3 is 2.71 bits per heavy atom. The predicted molar refractivity (Wildman–Crippen MR) is 93.4 cm³/mol. The van der Waals surface area contributed by atoms with Crippen LogP contribution in [0.2, 0.25) is 0 Å². The van der Waals surface area contributed by atoms with E-state index >= 15 is 0 Å². The van der Waals surface area contributed by atoms with Crippen molar-refractivity contribution in [2.75, 3.05) is 7.11 Å². The highest BCUT2D eigenvalue weighted by Gasteiger charge is 2.11. The number of methoxy groups -OCH3 is 1. The van der Waals surface area contributed by atoms with Crippen molar-refractivity contribution >= 4 is 16.7 Å². The van der Waals surface area contributed by atoms with Crippen molar-refractivity contribution in [3.8, 4) is 5.75 Å². The number of rotatable bonds is 4. The number of fused-ring (bicyclic) bond motifs is 1. The number of pyridine rings is 1. The van der Waals surface area contributed by atoms with Crippen LogP contribution < -0.4 is 15.6 Å². The summed E-state index contributed by atoms with van der Waals surface area (Å²) in [6.07, 6.45) is 1.58. The molecule has 0 saturated carbocycles. The number of carbonyl (C=O) groups is 1. The van der Waals surface area contributed by atoms with Gasteiger partial charge in [-0.1, -0.05) is 30.3 Å². The first-order chi connectivity index (χ1) is 11.6. The third-order valence-electron chi connectivity index (χ3n) is 4.01. The molecule has 24 heavy (non-hydrogen) atoms. The first kappa shape index (κ1) is 15.8. The minimum atomic E-state index is -0.289. The summed E-state index contributed by atoms with van der Waals surface area (Å²) in [4.78, 5) is 24.0. The van der Waals surface area contributed by atoms with Crippen molar-refractivity contribution in [2.45, 2.75) is 6.54 Å². The molecule has 0 saturated heterocycles. The van der Waals surface area contributed by atoms with Crippen molar-refractivity contribution in [3.05, 3.63) is 76.2 Å². The second-order valence-corrected chi connectivity index (χ2v) is 5.51. The molecular weight excluding hydrogens is 304 g/mol. The van der Waals surface area contributed by atoms with E-state index in [1.807, 2.05) is 36.4 Å². The van der Waals surface area contributed by atoms with Crippen molar-refractivity contribution in [1.82, 2.24) is 9.88 Å². The number of carbonyl (C=O) groups excluding carboxylic acids is 1. The molecule has 5 nitrogen and oxygen atoms in total. The molecule has 1 N–H and O–H groups in total. The summed E-state index contributed by atoms with van der Waals surface area (Å²) >= 11 is 0. The second-order valence-electron chi connectivity index (χ2n) is 5.51. The molecule has 2 aromatic carbocycles. The minimum absolute atomic E-state index is 0.217. The lowest BCUT2D eigenvalue weighted by Crippen LogP contribution is -2.26. The van der Waals surface area contributed by atoms with Crippen LogP contribution in [-0.2, 0) is 13.6 Å². The van der Waals surface area contributed by atoms with Crippen LogP contribution in [0.1, 0.15) is 15.9 Å². The molecule has 0 aliphatic carbocycles. The molecule has 1 aromatic heterocycles. The maximum atomic E-state index is 12.3. The molecule has 1 heterocycles. The third kappa shape index (κ3) is 3.01. The molecule has 3 rings (SSSR count). The number of benzene rings is 2. The molecule has 0 atom stereocenters. The monoisotopic (exact) mass is 322 g/mol. The number of aryl methyl sites for hydroxylation is 1. The Labute approximate surface area is 139 Å². The Balaban J connectivity index is 1.88. The predicted octanol–water partition coefficient (Wildman–Crippen LogP) is 2.48. The highest BCUT2D eigenvalue weighted by molar-refractivity contribution is 5.94. The van der Waals surface area contributed by atoms with Crippen molar-refractivity contribution in [3.63, 3.8) is 0 Å². The average molecular weight is 322 g/mol. The van der Waals surface area contributed by atoms with Crippen LogP contribution >= 0.6 is 0 Å². The first-order valence-electron chi connectivity index (χ1n) is 7.59. The Kier molecular flexibility index (Phi) is 4.33. The van der Waals surface area contributed by atoms with E-state index in [0.717, 1.165) is 22.1 Å². The number of hydrogen-bond donors (Lipinski definition) is 1. The Hall–Kier alpha value is -3.08. The van der Waals surface area contributed by atoms with Gasteiger partial charge in [-0.3, -0.25) is 9.59 Å². The van der Waals surface area contributed by atoms with Gasteiger partial charge in [0.15, 0.2) is 0 Å². The molecule has 0 aliphatic rings. The number of nitrogens with zero attached hydrogens (tertiary/aromatic N) is 1. The third-order valence-corrected chi connectivity index (χ3v) is 4.01. The maximum Gasteiger partial charge on any atom is 0.251 e. The number of hydrogen-bond acceptors (Lipinski definition) is 3. The van der Waals surface area contributed by atoms with E-state index in [0.29, 0.717) is 12.1 Å². The minimum Gasteiger partial charge on any atom is -0.496 e. The van der Waals surface area contributed by atoms with Crippen LogP contribution in [0.25, 0.3) is 10.8 Å². The van der Waals surface area contributed by atoms with Gasteiger partial charge >= 0.3 is 0 Å². The summed E-state index contributed by atoms with van der Waals surface area (Å²) in [6.45, 7) is 0.318. The van der Waals surface area contributed by atoms with Crippen LogP contribution in [0.3, 0.4) is 0 Å². The fraction of sp³-hybridized carbons (Fsp3) is 0.158.